The third-order valence-corrected chi connectivity index (χ3v) is 3.10. The number of hydrogen-bond acceptors (Lipinski definition) is 2. The number of rotatable bonds is 1. The second-order valence-corrected chi connectivity index (χ2v) is 4.51. The molecule has 1 N–H and O–H groups in total. The Labute approximate surface area is 117 Å². The molecule has 0 spiro atoms. The fourth-order valence-electron chi connectivity index (χ4n) is 2.15. The Balaban J connectivity index is 2.35. The van der Waals surface area contributed by atoms with Crippen molar-refractivity contribution in [1.29, 1.82) is 0 Å². The zero-order valence-electron chi connectivity index (χ0n) is 10.6. The molecule has 0 aliphatic carbocycles. The average molecular weight is 290 g/mol. The molecule has 106 valence electrons. The standard InChI is InChI=1S/C15H9F3N2O/c16-15(17,18)10-6-7-12-11(8-10)13(20-14(21)19-12)9-4-2-1-3-5-9/h1-8H,(H,19,20,21). The Kier molecular flexibility index (Phi) is 3.01. The molecule has 0 fully saturated rings. The highest BCUT2D eigenvalue weighted by atomic mass is 19.4. The number of alkyl halides is 3. The van der Waals surface area contributed by atoms with Crippen LogP contribution in [0, 0.1) is 0 Å². The van der Waals surface area contributed by atoms with Gasteiger partial charge in [0.25, 0.3) is 0 Å². The van der Waals surface area contributed by atoms with Crippen molar-refractivity contribution in [2.45, 2.75) is 6.18 Å². The molecular weight excluding hydrogens is 281 g/mol. The van der Waals surface area contributed by atoms with Gasteiger partial charge in [0.05, 0.1) is 16.8 Å². The number of fused-ring (bicyclic) bond motifs is 1. The molecule has 3 rings (SSSR count). The second kappa shape index (κ2) is 4.73. The summed E-state index contributed by atoms with van der Waals surface area (Å²) in [5.41, 5.74) is -0.225. The highest BCUT2D eigenvalue weighted by molar-refractivity contribution is 5.92. The third-order valence-electron chi connectivity index (χ3n) is 3.10. The number of hydrogen-bond donors (Lipinski definition) is 1. The van der Waals surface area contributed by atoms with Crippen LogP contribution in [0.25, 0.3) is 22.2 Å². The Hall–Kier alpha value is -2.63. The van der Waals surface area contributed by atoms with Gasteiger partial charge in [0.2, 0.25) is 0 Å². The maximum Gasteiger partial charge on any atom is 0.416 e. The van der Waals surface area contributed by atoms with Gasteiger partial charge in [-0.15, -0.1) is 0 Å². The van der Waals surface area contributed by atoms with Crippen LogP contribution in [0.2, 0.25) is 0 Å². The Morgan fingerprint density at radius 1 is 1.00 bits per heavy atom. The summed E-state index contributed by atoms with van der Waals surface area (Å²) in [7, 11) is 0. The summed E-state index contributed by atoms with van der Waals surface area (Å²) >= 11 is 0. The van der Waals surface area contributed by atoms with Gasteiger partial charge in [-0.3, -0.25) is 0 Å². The molecule has 0 atom stereocenters. The van der Waals surface area contributed by atoms with Crippen LogP contribution in [-0.2, 0) is 6.18 Å². The summed E-state index contributed by atoms with van der Waals surface area (Å²) in [4.78, 5) is 17.8. The van der Waals surface area contributed by atoms with Gasteiger partial charge in [-0.05, 0) is 18.2 Å². The molecule has 0 radical (unpaired) electrons. The van der Waals surface area contributed by atoms with E-state index in [0.717, 1.165) is 12.1 Å². The normalized spacial score (nSPS) is 11.8. The van der Waals surface area contributed by atoms with Crippen LogP contribution in [0.15, 0.2) is 53.3 Å². The molecule has 0 saturated carbocycles. The van der Waals surface area contributed by atoms with Crippen LogP contribution in [0.1, 0.15) is 5.56 Å². The summed E-state index contributed by atoms with van der Waals surface area (Å²) in [5, 5.41) is 0.260. The number of nitrogens with one attached hydrogen (secondary N) is 1. The first-order valence-electron chi connectivity index (χ1n) is 6.12. The fourth-order valence-corrected chi connectivity index (χ4v) is 2.15. The van der Waals surface area contributed by atoms with Crippen LogP contribution in [0.5, 0.6) is 0 Å². The van der Waals surface area contributed by atoms with Gasteiger partial charge in [-0.2, -0.15) is 18.2 Å². The Morgan fingerprint density at radius 2 is 1.71 bits per heavy atom. The highest BCUT2D eigenvalue weighted by Crippen LogP contribution is 2.33. The lowest BCUT2D eigenvalue weighted by Gasteiger charge is -2.10. The van der Waals surface area contributed by atoms with E-state index in [1.165, 1.54) is 6.07 Å². The summed E-state index contributed by atoms with van der Waals surface area (Å²) in [5.74, 6) is 0. The molecule has 6 heteroatoms. The van der Waals surface area contributed by atoms with Crippen molar-refractivity contribution < 1.29 is 13.2 Å². The topological polar surface area (TPSA) is 45.8 Å². The summed E-state index contributed by atoms with van der Waals surface area (Å²) < 4.78 is 38.5. The number of aromatic amines is 1. The molecule has 0 amide bonds. The minimum atomic E-state index is -4.45. The highest BCUT2D eigenvalue weighted by Gasteiger charge is 2.30. The van der Waals surface area contributed by atoms with Gasteiger partial charge < -0.3 is 4.98 Å². The lowest BCUT2D eigenvalue weighted by molar-refractivity contribution is -0.137. The van der Waals surface area contributed by atoms with Crippen LogP contribution in [0.3, 0.4) is 0 Å². The van der Waals surface area contributed by atoms with Crippen molar-refractivity contribution in [3.63, 3.8) is 0 Å². The minimum absolute atomic E-state index is 0.237. The first-order valence-corrected chi connectivity index (χ1v) is 6.12. The molecule has 0 aliphatic heterocycles. The predicted molar refractivity (Wildman–Crippen MR) is 72.8 cm³/mol. The van der Waals surface area contributed by atoms with Crippen molar-refractivity contribution >= 4 is 10.9 Å². The van der Waals surface area contributed by atoms with Crippen molar-refractivity contribution in [2.24, 2.45) is 0 Å². The van der Waals surface area contributed by atoms with E-state index in [4.69, 9.17) is 0 Å². The van der Waals surface area contributed by atoms with E-state index in [9.17, 15) is 18.0 Å². The molecule has 2 aromatic carbocycles. The predicted octanol–water partition coefficient (Wildman–Crippen LogP) is 3.61. The molecular formula is C15H9F3N2O. The number of halogens is 3. The molecule has 0 aliphatic rings. The largest absolute Gasteiger partial charge is 0.416 e. The van der Waals surface area contributed by atoms with Crippen molar-refractivity contribution in [3.05, 3.63) is 64.6 Å². The zero-order valence-corrected chi connectivity index (χ0v) is 10.6. The van der Waals surface area contributed by atoms with E-state index in [0.29, 0.717) is 11.1 Å². The molecule has 21 heavy (non-hydrogen) atoms. The number of H-pyrrole nitrogens is 1. The molecule has 3 aromatic rings. The Bertz CT molecular complexity index is 854. The quantitative estimate of drug-likeness (QED) is 0.744. The van der Waals surface area contributed by atoms with Crippen molar-refractivity contribution in [3.8, 4) is 11.3 Å². The van der Waals surface area contributed by atoms with Gasteiger partial charge in [-0.25, -0.2) is 4.79 Å². The van der Waals surface area contributed by atoms with Gasteiger partial charge >= 0.3 is 11.9 Å². The maximum atomic E-state index is 12.8. The molecule has 0 bridgehead atoms. The first-order chi connectivity index (χ1) is 9.95. The van der Waals surface area contributed by atoms with Gasteiger partial charge in [0, 0.05) is 10.9 Å². The minimum Gasteiger partial charge on any atom is -0.305 e. The van der Waals surface area contributed by atoms with Crippen LogP contribution in [0.4, 0.5) is 13.2 Å². The summed E-state index contributed by atoms with van der Waals surface area (Å²) in [6, 6.07) is 11.8. The molecule has 0 saturated heterocycles. The molecule has 1 heterocycles. The van der Waals surface area contributed by atoms with E-state index in [2.05, 4.69) is 9.97 Å². The van der Waals surface area contributed by atoms with Crippen molar-refractivity contribution in [2.75, 3.05) is 0 Å². The van der Waals surface area contributed by atoms with Crippen LogP contribution >= 0.6 is 0 Å². The lowest BCUT2D eigenvalue weighted by Crippen LogP contribution is -2.12. The fraction of sp³-hybridized carbons (Fsp3) is 0.0667. The molecule has 0 unspecified atom stereocenters. The summed E-state index contributed by atoms with van der Waals surface area (Å²) in [6.07, 6.45) is -4.45. The zero-order chi connectivity index (χ0) is 15.0. The number of nitrogens with zero attached hydrogens (tertiary/aromatic N) is 1. The maximum absolute atomic E-state index is 12.8. The van der Waals surface area contributed by atoms with Gasteiger partial charge in [0.15, 0.2) is 0 Å². The van der Waals surface area contributed by atoms with Crippen molar-refractivity contribution in [1.82, 2.24) is 9.97 Å². The van der Waals surface area contributed by atoms with E-state index in [-0.39, 0.29) is 11.1 Å². The first kappa shape index (κ1) is 13.4. The number of aromatic nitrogens is 2. The molecule has 3 nitrogen and oxygen atoms in total. The molecule has 1 aromatic heterocycles. The van der Waals surface area contributed by atoms with Gasteiger partial charge in [-0.1, -0.05) is 30.3 Å². The van der Waals surface area contributed by atoms with E-state index in [1.807, 2.05) is 0 Å². The SMILES string of the molecule is O=c1nc(-c2ccccc2)c2cc(C(F)(F)F)ccc2[nH]1. The van der Waals surface area contributed by atoms with Crippen LogP contribution in [-0.4, -0.2) is 9.97 Å². The lowest BCUT2D eigenvalue weighted by atomic mass is 10.0. The van der Waals surface area contributed by atoms with Gasteiger partial charge in [0.1, 0.15) is 0 Å². The van der Waals surface area contributed by atoms with E-state index < -0.39 is 17.4 Å². The van der Waals surface area contributed by atoms with E-state index in [1.54, 1.807) is 30.3 Å². The Morgan fingerprint density at radius 3 is 2.38 bits per heavy atom. The second-order valence-electron chi connectivity index (χ2n) is 4.51. The smallest absolute Gasteiger partial charge is 0.305 e. The average Bonchev–Trinajstić information content (AvgIpc) is 2.46. The third kappa shape index (κ3) is 2.52. The summed E-state index contributed by atoms with van der Waals surface area (Å²) in [6.45, 7) is 0. The van der Waals surface area contributed by atoms with Crippen LogP contribution < -0.4 is 5.69 Å². The monoisotopic (exact) mass is 290 g/mol. The van der Waals surface area contributed by atoms with E-state index >= 15 is 0 Å². The number of benzene rings is 2.